The molecule has 1 aromatic rings. The Kier molecular flexibility index (Phi) is 4.25. The van der Waals surface area contributed by atoms with Crippen molar-refractivity contribution in [1.29, 1.82) is 0 Å². The number of carbonyl (C=O) groups is 1. The summed E-state index contributed by atoms with van der Waals surface area (Å²) in [6.07, 6.45) is 2.10. The fraction of sp³-hybridized carbons (Fsp3) is 0.308. The Bertz CT molecular complexity index is 464. The minimum absolute atomic E-state index is 0.00657. The number of hydrogen-bond acceptors (Lipinski definition) is 1. The van der Waals surface area contributed by atoms with E-state index in [2.05, 4.69) is 50.4 Å². The Morgan fingerprint density at radius 1 is 1.53 bits per heavy atom. The summed E-state index contributed by atoms with van der Waals surface area (Å²) in [6.45, 7) is 4.65. The number of hydrogen-bond donors (Lipinski definition) is 1. The average Bonchev–Trinajstić information content (AvgIpc) is 2.26. The Morgan fingerprint density at radius 2 is 2.24 bits per heavy atom. The zero-order chi connectivity index (χ0) is 12.4. The number of allylic oxidation sites excluding steroid dienone is 1. The van der Waals surface area contributed by atoms with Crippen LogP contribution in [0.15, 0.2) is 34.8 Å². The van der Waals surface area contributed by atoms with E-state index in [-0.39, 0.29) is 5.91 Å². The standard InChI is InChI=1S/C13H13BrINO/c1-8-5-9(6-8)7-16-13(17)10-3-2-4-11(15)12(10)14/h2-4,9H,1,5-7H2,(H,16,17). The summed E-state index contributed by atoms with van der Waals surface area (Å²) in [5.41, 5.74) is 2.00. The smallest absolute Gasteiger partial charge is 0.252 e. The number of carbonyl (C=O) groups excluding carboxylic acids is 1. The van der Waals surface area contributed by atoms with Gasteiger partial charge in [0.2, 0.25) is 0 Å². The second-order valence-electron chi connectivity index (χ2n) is 4.34. The summed E-state index contributed by atoms with van der Waals surface area (Å²) in [5.74, 6) is 0.570. The molecule has 0 aliphatic heterocycles. The molecular weight excluding hydrogens is 393 g/mol. The van der Waals surface area contributed by atoms with Gasteiger partial charge in [-0.3, -0.25) is 4.79 Å². The topological polar surface area (TPSA) is 29.1 Å². The molecule has 1 aliphatic carbocycles. The van der Waals surface area contributed by atoms with Gasteiger partial charge in [-0.2, -0.15) is 0 Å². The molecule has 0 spiro atoms. The van der Waals surface area contributed by atoms with E-state index in [9.17, 15) is 4.79 Å². The van der Waals surface area contributed by atoms with Gasteiger partial charge in [0.15, 0.2) is 0 Å². The number of rotatable bonds is 3. The normalized spacial score (nSPS) is 15.5. The van der Waals surface area contributed by atoms with E-state index >= 15 is 0 Å². The van der Waals surface area contributed by atoms with Crippen LogP contribution < -0.4 is 5.32 Å². The predicted molar refractivity (Wildman–Crippen MR) is 81.1 cm³/mol. The summed E-state index contributed by atoms with van der Waals surface area (Å²) in [5, 5.41) is 2.98. The predicted octanol–water partition coefficient (Wildman–Crippen LogP) is 3.75. The highest BCUT2D eigenvalue weighted by Crippen LogP contribution is 2.30. The van der Waals surface area contributed by atoms with Crippen molar-refractivity contribution in [2.75, 3.05) is 6.54 Å². The van der Waals surface area contributed by atoms with Crippen LogP contribution in [0.2, 0.25) is 0 Å². The van der Waals surface area contributed by atoms with Crippen LogP contribution >= 0.6 is 38.5 Å². The zero-order valence-electron chi connectivity index (χ0n) is 9.30. The first-order valence-corrected chi connectivity index (χ1v) is 7.34. The van der Waals surface area contributed by atoms with E-state index < -0.39 is 0 Å². The molecule has 1 fully saturated rings. The highest BCUT2D eigenvalue weighted by molar-refractivity contribution is 14.1. The first-order chi connectivity index (χ1) is 8.08. The van der Waals surface area contributed by atoms with Crippen molar-refractivity contribution in [3.63, 3.8) is 0 Å². The lowest BCUT2D eigenvalue weighted by Crippen LogP contribution is -2.33. The molecular formula is C13H13BrINO. The van der Waals surface area contributed by atoms with Crippen LogP contribution in [0.1, 0.15) is 23.2 Å². The quantitative estimate of drug-likeness (QED) is 0.602. The van der Waals surface area contributed by atoms with E-state index in [1.807, 2.05) is 18.2 Å². The van der Waals surface area contributed by atoms with Crippen molar-refractivity contribution in [3.8, 4) is 0 Å². The maximum Gasteiger partial charge on any atom is 0.252 e. The lowest BCUT2D eigenvalue weighted by Gasteiger charge is -2.28. The molecule has 0 saturated heterocycles. The van der Waals surface area contributed by atoms with Crippen LogP contribution in [-0.2, 0) is 0 Å². The molecule has 0 heterocycles. The lowest BCUT2D eigenvalue weighted by atomic mass is 9.81. The molecule has 2 rings (SSSR count). The number of amides is 1. The van der Waals surface area contributed by atoms with E-state index in [1.165, 1.54) is 5.57 Å². The van der Waals surface area contributed by atoms with Crippen molar-refractivity contribution < 1.29 is 4.79 Å². The first-order valence-electron chi connectivity index (χ1n) is 5.47. The molecule has 1 N–H and O–H groups in total. The molecule has 0 unspecified atom stereocenters. The van der Waals surface area contributed by atoms with Crippen LogP contribution in [-0.4, -0.2) is 12.5 Å². The minimum Gasteiger partial charge on any atom is -0.352 e. The van der Waals surface area contributed by atoms with Gasteiger partial charge >= 0.3 is 0 Å². The van der Waals surface area contributed by atoms with E-state index in [4.69, 9.17) is 0 Å². The number of benzene rings is 1. The van der Waals surface area contributed by atoms with Gasteiger partial charge in [-0.25, -0.2) is 0 Å². The second-order valence-corrected chi connectivity index (χ2v) is 6.29. The molecule has 17 heavy (non-hydrogen) atoms. The third-order valence-electron chi connectivity index (χ3n) is 2.90. The summed E-state index contributed by atoms with van der Waals surface area (Å²) >= 11 is 5.65. The molecule has 1 aliphatic rings. The SMILES string of the molecule is C=C1CC(CNC(=O)c2cccc(I)c2Br)C1. The molecule has 1 amide bonds. The monoisotopic (exact) mass is 405 g/mol. The van der Waals surface area contributed by atoms with Crippen LogP contribution in [0.4, 0.5) is 0 Å². The Labute approximate surface area is 123 Å². The van der Waals surface area contributed by atoms with E-state index in [1.54, 1.807) is 0 Å². The van der Waals surface area contributed by atoms with Crippen LogP contribution in [0.3, 0.4) is 0 Å². The lowest BCUT2D eigenvalue weighted by molar-refractivity contribution is 0.0943. The highest BCUT2D eigenvalue weighted by Gasteiger charge is 2.22. The van der Waals surface area contributed by atoms with Gasteiger partial charge in [-0.05, 0) is 69.4 Å². The number of nitrogens with one attached hydrogen (secondary N) is 1. The van der Waals surface area contributed by atoms with Gasteiger partial charge in [-0.1, -0.05) is 18.2 Å². The number of halogens is 2. The summed E-state index contributed by atoms with van der Waals surface area (Å²) in [7, 11) is 0. The molecule has 1 saturated carbocycles. The van der Waals surface area contributed by atoms with Crippen molar-refractivity contribution in [3.05, 3.63) is 44.0 Å². The fourth-order valence-corrected chi connectivity index (χ4v) is 2.86. The second kappa shape index (κ2) is 5.52. The third kappa shape index (κ3) is 3.10. The molecule has 0 radical (unpaired) electrons. The summed E-state index contributed by atoms with van der Waals surface area (Å²) in [6, 6.07) is 5.70. The Hall–Kier alpha value is -0.360. The molecule has 0 aromatic heterocycles. The molecule has 0 atom stereocenters. The fourth-order valence-electron chi connectivity index (χ4n) is 1.91. The van der Waals surface area contributed by atoms with Crippen molar-refractivity contribution >= 4 is 44.4 Å². The van der Waals surface area contributed by atoms with Gasteiger partial charge < -0.3 is 5.32 Å². The Balaban J connectivity index is 1.95. The molecule has 2 nitrogen and oxygen atoms in total. The van der Waals surface area contributed by atoms with Crippen LogP contribution in [0, 0.1) is 9.49 Å². The van der Waals surface area contributed by atoms with Gasteiger partial charge in [0, 0.05) is 14.6 Å². The van der Waals surface area contributed by atoms with E-state index in [0.29, 0.717) is 11.5 Å². The van der Waals surface area contributed by atoms with Gasteiger partial charge in [0.05, 0.1) is 5.56 Å². The maximum absolute atomic E-state index is 12.0. The summed E-state index contributed by atoms with van der Waals surface area (Å²) < 4.78 is 1.92. The third-order valence-corrected chi connectivity index (χ3v) is 5.40. The van der Waals surface area contributed by atoms with Crippen molar-refractivity contribution in [1.82, 2.24) is 5.32 Å². The van der Waals surface area contributed by atoms with E-state index in [0.717, 1.165) is 27.4 Å². The van der Waals surface area contributed by atoms with Crippen LogP contribution in [0.25, 0.3) is 0 Å². The zero-order valence-corrected chi connectivity index (χ0v) is 13.0. The van der Waals surface area contributed by atoms with Gasteiger partial charge in [-0.15, -0.1) is 0 Å². The summed E-state index contributed by atoms with van der Waals surface area (Å²) in [4.78, 5) is 12.0. The highest BCUT2D eigenvalue weighted by atomic mass is 127. The van der Waals surface area contributed by atoms with Crippen molar-refractivity contribution in [2.24, 2.45) is 5.92 Å². The molecule has 90 valence electrons. The van der Waals surface area contributed by atoms with Crippen LogP contribution in [0.5, 0.6) is 0 Å². The van der Waals surface area contributed by atoms with Gasteiger partial charge in [0.25, 0.3) is 5.91 Å². The minimum atomic E-state index is -0.00657. The molecule has 0 bridgehead atoms. The molecule has 1 aromatic carbocycles. The van der Waals surface area contributed by atoms with Crippen molar-refractivity contribution in [2.45, 2.75) is 12.8 Å². The molecule has 4 heteroatoms. The maximum atomic E-state index is 12.0. The first kappa shape index (κ1) is 13.1. The average molecular weight is 406 g/mol. The van der Waals surface area contributed by atoms with Gasteiger partial charge in [0.1, 0.15) is 0 Å². The largest absolute Gasteiger partial charge is 0.352 e. The Morgan fingerprint density at radius 3 is 2.88 bits per heavy atom.